The van der Waals surface area contributed by atoms with Crippen molar-refractivity contribution in [1.82, 2.24) is 15.3 Å². The summed E-state index contributed by atoms with van der Waals surface area (Å²) < 4.78 is 11.3. The fraction of sp³-hybridized carbons (Fsp3) is 0.316. The third-order valence-corrected chi connectivity index (χ3v) is 4.35. The number of aromatic nitrogens is 2. The van der Waals surface area contributed by atoms with E-state index in [0.29, 0.717) is 40.8 Å². The maximum Gasteiger partial charge on any atom is 0.258 e. The number of hydrogen-bond donors (Lipinski definition) is 1. The zero-order chi connectivity index (χ0) is 18.7. The molecule has 0 fully saturated rings. The van der Waals surface area contributed by atoms with E-state index in [1.807, 2.05) is 32.9 Å². The summed E-state index contributed by atoms with van der Waals surface area (Å²) >= 11 is 5.85. The molecule has 2 heterocycles. The van der Waals surface area contributed by atoms with Crippen LogP contribution in [0.25, 0.3) is 11.1 Å². The molecular weight excluding hydrogens is 354 g/mol. The molecule has 3 rings (SSSR count). The van der Waals surface area contributed by atoms with Gasteiger partial charge in [0, 0.05) is 23.6 Å². The molecule has 2 aromatic heterocycles. The fourth-order valence-corrected chi connectivity index (χ4v) is 2.63. The lowest BCUT2D eigenvalue weighted by atomic mass is 10.2. The molecule has 1 aromatic carbocycles. The monoisotopic (exact) mass is 373 g/mol. The number of aryl methyl sites for hydroxylation is 3. The second kappa shape index (κ2) is 7.74. The van der Waals surface area contributed by atoms with Crippen LogP contribution >= 0.6 is 11.6 Å². The number of nitrogens with one attached hydrogen (secondary N) is 1. The van der Waals surface area contributed by atoms with Crippen molar-refractivity contribution in [3.8, 4) is 5.88 Å². The minimum Gasteiger partial charge on any atom is -0.467 e. The summed E-state index contributed by atoms with van der Waals surface area (Å²) in [4.78, 5) is 20.9. The molecule has 7 heteroatoms. The van der Waals surface area contributed by atoms with E-state index in [1.54, 1.807) is 12.1 Å². The molecule has 26 heavy (non-hydrogen) atoms. The Morgan fingerprint density at radius 1 is 1.23 bits per heavy atom. The molecule has 6 nitrogen and oxygen atoms in total. The standard InChI is InChI=1S/C19H20ClN3O3/c1-4-15-22-18(17-11(2)12(3)26-19(17)23-15)25-10-16(24)21-9-13-5-7-14(20)8-6-13/h5-8H,4,9-10H2,1-3H3,(H,21,24). The first kappa shape index (κ1) is 18.2. The molecule has 0 bridgehead atoms. The summed E-state index contributed by atoms with van der Waals surface area (Å²) in [5.74, 6) is 1.52. The van der Waals surface area contributed by atoms with Gasteiger partial charge in [0.1, 0.15) is 17.0 Å². The molecule has 0 aliphatic carbocycles. The third kappa shape index (κ3) is 3.96. The molecule has 0 saturated heterocycles. The number of carbonyl (C=O) groups excluding carboxylic acids is 1. The molecule has 0 atom stereocenters. The second-order valence-corrected chi connectivity index (χ2v) is 6.39. The van der Waals surface area contributed by atoms with Gasteiger partial charge < -0.3 is 14.5 Å². The van der Waals surface area contributed by atoms with Crippen LogP contribution in [-0.2, 0) is 17.8 Å². The van der Waals surface area contributed by atoms with Crippen LogP contribution in [0.5, 0.6) is 5.88 Å². The number of amides is 1. The van der Waals surface area contributed by atoms with E-state index in [1.165, 1.54) is 0 Å². The van der Waals surface area contributed by atoms with Crippen LogP contribution in [0.1, 0.15) is 29.6 Å². The fourth-order valence-electron chi connectivity index (χ4n) is 2.51. The summed E-state index contributed by atoms with van der Waals surface area (Å²) in [5, 5.41) is 4.19. The first-order valence-corrected chi connectivity index (χ1v) is 8.76. The van der Waals surface area contributed by atoms with Gasteiger partial charge in [-0.15, -0.1) is 0 Å². The topological polar surface area (TPSA) is 77.2 Å². The molecule has 0 spiro atoms. The predicted octanol–water partition coefficient (Wildman–Crippen LogP) is 3.75. The van der Waals surface area contributed by atoms with Gasteiger partial charge in [-0.1, -0.05) is 30.7 Å². The number of benzene rings is 1. The quantitative estimate of drug-likeness (QED) is 0.712. The Balaban J connectivity index is 1.68. The van der Waals surface area contributed by atoms with Crippen LogP contribution in [0.15, 0.2) is 28.7 Å². The maximum absolute atomic E-state index is 12.1. The lowest BCUT2D eigenvalue weighted by molar-refractivity contribution is -0.123. The predicted molar refractivity (Wildman–Crippen MR) is 99.4 cm³/mol. The van der Waals surface area contributed by atoms with Crippen LogP contribution in [0.2, 0.25) is 5.02 Å². The SMILES string of the molecule is CCc1nc(OCC(=O)NCc2ccc(Cl)cc2)c2c(C)c(C)oc2n1. The Bertz CT molecular complexity index is 935. The van der Waals surface area contributed by atoms with Gasteiger partial charge >= 0.3 is 0 Å². The van der Waals surface area contributed by atoms with Crippen molar-refractivity contribution in [2.45, 2.75) is 33.7 Å². The van der Waals surface area contributed by atoms with E-state index < -0.39 is 0 Å². The van der Waals surface area contributed by atoms with Gasteiger partial charge in [0.25, 0.3) is 5.91 Å². The van der Waals surface area contributed by atoms with E-state index >= 15 is 0 Å². The van der Waals surface area contributed by atoms with Crippen molar-refractivity contribution in [2.75, 3.05) is 6.61 Å². The van der Waals surface area contributed by atoms with E-state index in [0.717, 1.165) is 16.9 Å². The second-order valence-electron chi connectivity index (χ2n) is 5.95. The molecule has 136 valence electrons. The summed E-state index contributed by atoms with van der Waals surface area (Å²) in [6.45, 7) is 6.01. The van der Waals surface area contributed by atoms with E-state index in [2.05, 4.69) is 15.3 Å². The number of nitrogens with zero attached hydrogens (tertiary/aromatic N) is 2. The number of fused-ring (bicyclic) bond motifs is 1. The van der Waals surface area contributed by atoms with Crippen molar-refractivity contribution in [2.24, 2.45) is 0 Å². The molecular formula is C19H20ClN3O3. The van der Waals surface area contributed by atoms with Gasteiger partial charge in [0.15, 0.2) is 6.61 Å². The van der Waals surface area contributed by atoms with Gasteiger partial charge in [-0.3, -0.25) is 4.79 Å². The zero-order valence-corrected chi connectivity index (χ0v) is 15.7. The third-order valence-electron chi connectivity index (χ3n) is 4.10. The molecule has 0 saturated carbocycles. The number of carbonyl (C=O) groups is 1. The highest BCUT2D eigenvalue weighted by atomic mass is 35.5. The Morgan fingerprint density at radius 3 is 2.65 bits per heavy atom. The van der Waals surface area contributed by atoms with Gasteiger partial charge in [0.05, 0.1) is 0 Å². The van der Waals surface area contributed by atoms with E-state index in [9.17, 15) is 4.79 Å². The number of ether oxygens (including phenoxy) is 1. The van der Waals surface area contributed by atoms with E-state index in [-0.39, 0.29) is 12.5 Å². The normalized spacial score (nSPS) is 10.9. The van der Waals surface area contributed by atoms with Crippen molar-refractivity contribution in [1.29, 1.82) is 0 Å². The average molecular weight is 374 g/mol. The first-order chi connectivity index (χ1) is 12.5. The minimum absolute atomic E-state index is 0.132. The average Bonchev–Trinajstić information content (AvgIpc) is 2.93. The van der Waals surface area contributed by atoms with Crippen LogP contribution < -0.4 is 10.1 Å². The molecule has 0 aliphatic rings. The molecule has 3 aromatic rings. The van der Waals surface area contributed by atoms with Gasteiger partial charge in [-0.2, -0.15) is 9.97 Å². The minimum atomic E-state index is -0.234. The Hall–Kier alpha value is -2.60. The number of furan rings is 1. The number of halogens is 1. The van der Waals surface area contributed by atoms with Crippen LogP contribution in [0, 0.1) is 13.8 Å². The lowest BCUT2D eigenvalue weighted by Crippen LogP contribution is -2.28. The van der Waals surface area contributed by atoms with Crippen molar-refractivity contribution in [3.05, 3.63) is 52.0 Å². The van der Waals surface area contributed by atoms with E-state index in [4.69, 9.17) is 20.8 Å². The zero-order valence-electron chi connectivity index (χ0n) is 14.9. The highest BCUT2D eigenvalue weighted by Gasteiger charge is 2.17. The molecule has 0 unspecified atom stereocenters. The molecule has 0 aliphatic heterocycles. The first-order valence-electron chi connectivity index (χ1n) is 8.38. The number of hydrogen-bond acceptors (Lipinski definition) is 5. The van der Waals surface area contributed by atoms with Gasteiger partial charge in [-0.25, -0.2) is 0 Å². The summed E-state index contributed by atoms with van der Waals surface area (Å²) in [6, 6.07) is 7.30. The highest BCUT2D eigenvalue weighted by molar-refractivity contribution is 6.30. The molecule has 1 N–H and O–H groups in total. The smallest absolute Gasteiger partial charge is 0.258 e. The van der Waals surface area contributed by atoms with Crippen molar-refractivity contribution >= 4 is 28.6 Å². The summed E-state index contributed by atoms with van der Waals surface area (Å²) in [5.41, 5.74) is 2.37. The Morgan fingerprint density at radius 2 is 1.96 bits per heavy atom. The van der Waals surface area contributed by atoms with Crippen LogP contribution in [0.3, 0.4) is 0 Å². The lowest BCUT2D eigenvalue weighted by Gasteiger charge is -2.09. The highest BCUT2D eigenvalue weighted by Crippen LogP contribution is 2.30. The van der Waals surface area contributed by atoms with Gasteiger partial charge in [-0.05, 0) is 31.5 Å². The summed E-state index contributed by atoms with van der Waals surface area (Å²) in [7, 11) is 0. The number of rotatable bonds is 6. The van der Waals surface area contributed by atoms with Crippen LogP contribution in [-0.4, -0.2) is 22.5 Å². The largest absolute Gasteiger partial charge is 0.467 e. The van der Waals surface area contributed by atoms with Crippen LogP contribution in [0.4, 0.5) is 0 Å². The Labute approximate surface area is 156 Å². The van der Waals surface area contributed by atoms with Crippen molar-refractivity contribution < 1.29 is 13.9 Å². The van der Waals surface area contributed by atoms with Crippen molar-refractivity contribution in [3.63, 3.8) is 0 Å². The van der Waals surface area contributed by atoms with Gasteiger partial charge in [0.2, 0.25) is 11.6 Å². The molecule has 1 amide bonds. The summed E-state index contributed by atoms with van der Waals surface area (Å²) in [6.07, 6.45) is 0.647. The maximum atomic E-state index is 12.1. The molecule has 0 radical (unpaired) electrons. The Kier molecular flexibility index (Phi) is 5.42.